The van der Waals surface area contributed by atoms with Gasteiger partial charge in [-0.3, -0.25) is 4.79 Å². The first-order chi connectivity index (χ1) is 8.93. The molecule has 0 saturated heterocycles. The van der Waals surface area contributed by atoms with Crippen LogP contribution < -0.4 is 10.1 Å². The van der Waals surface area contributed by atoms with Crippen molar-refractivity contribution in [2.24, 2.45) is 0 Å². The third-order valence-corrected chi connectivity index (χ3v) is 2.17. The van der Waals surface area contributed by atoms with Crippen molar-refractivity contribution in [1.29, 1.82) is 0 Å². The Morgan fingerprint density at radius 3 is 2.53 bits per heavy atom. The smallest absolute Gasteiger partial charge is 0.331 e. The van der Waals surface area contributed by atoms with Crippen molar-refractivity contribution in [3.05, 3.63) is 29.8 Å². The molecule has 104 valence electrons. The molecule has 0 saturated carbocycles. The lowest BCUT2D eigenvalue weighted by molar-refractivity contribution is -0.145. The van der Waals surface area contributed by atoms with Crippen molar-refractivity contribution >= 4 is 11.9 Å². The molecule has 0 radical (unpaired) electrons. The number of benzene rings is 1. The molecule has 0 spiro atoms. The molecular formula is C12H13F2NO4. The molecule has 7 heteroatoms. The van der Waals surface area contributed by atoms with Gasteiger partial charge in [-0.1, -0.05) is 0 Å². The van der Waals surface area contributed by atoms with Gasteiger partial charge >= 0.3 is 5.97 Å². The summed E-state index contributed by atoms with van der Waals surface area (Å²) in [6.07, 6.45) is 0. The number of amides is 1. The van der Waals surface area contributed by atoms with Gasteiger partial charge < -0.3 is 14.8 Å². The minimum absolute atomic E-state index is 0.0400. The molecule has 0 aliphatic carbocycles. The SMILES string of the molecule is COC(=O)C(COc1ccc(F)c(F)c1)NC(C)=O. The van der Waals surface area contributed by atoms with E-state index >= 15 is 0 Å². The van der Waals surface area contributed by atoms with E-state index in [-0.39, 0.29) is 12.4 Å². The highest BCUT2D eigenvalue weighted by atomic mass is 19.2. The monoisotopic (exact) mass is 273 g/mol. The molecule has 1 aromatic rings. The van der Waals surface area contributed by atoms with Gasteiger partial charge in [0, 0.05) is 13.0 Å². The summed E-state index contributed by atoms with van der Waals surface area (Å²) in [7, 11) is 1.16. The van der Waals surface area contributed by atoms with Gasteiger partial charge in [-0.05, 0) is 12.1 Å². The minimum atomic E-state index is -1.06. The van der Waals surface area contributed by atoms with Crippen molar-refractivity contribution in [2.45, 2.75) is 13.0 Å². The van der Waals surface area contributed by atoms with E-state index in [9.17, 15) is 18.4 Å². The second-order valence-corrected chi connectivity index (χ2v) is 3.66. The third kappa shape index (κ3) is 4.53. The van der Waals surface area contributed by atoms with E-state index in [0.717, 1.165) is 19.2 Å². The standard InChI is InChI=1S/C12H13F2NO4/c1-7(16)15-11(12(17)18-2)6-19-8-3-4-9(13)10(14)5-8/h3-5,11H,6H2,1-2H3,(H,15,16). The van der Waals surface area contributed by atoms with Crippen molar-refractivity contribution in [3.63, 3.8) is 0 Å². The van der Waals surface area contributed by atoms with Crippen LogP contribution in [-0.4, -0.2) is 31.6 Å². The minimum Gasteiger partial charge on any atom is -0.491 e. The number of hydrogen-bond acceptors (Lipinski definition) is 4. The van der Waals surface area contributed by atoms with E-state index in [4.69, 9.17) is 4.74 Å². The Hall–Kier alpha value is -2.18. The van der Waals surface area contributed by atoms with E-state index in [1.54, 1.807) is 0 Å². The second-order valence-electron chi connectivity index (χ2n) is 3.66. The van der Waals surface area contributed by atoms with Crippen LogP contribution in [0.2, 0.25) is 0 Å². The summed E-state index contributed by atoms with van der Waals surface area (Å²) in [6, 6.07) is 1.93. The zero-order valence-corrected chi connectivity index (χ0v) is 10.4. The second kappa shape index (κ2) is 6.67. The van der Waals surface area contributed by atoms with Gasteiger partial charge in [0.2, 0.25) is 5.91 Å². The van der Waals surface area contributed by atoms with E-state index in [1.165, 1.54) is 13.0 Å². The van der Waals surface area contributed by atoms with Gasteiger partial charge in [-0.15, -0.1) is 0 Å². The van der Waals surface area contributed by atoms with Crippen LogP contribution in [-0.2, 0) is 14.3 Å². The number of nitrogens with one attached hydrogen (secondary N) is 1. The van der Waals surface area contributed by atoms with Crippen LogP contribution in [0, 0.1) is 11.6 Å². The van der Waals surface area contributed by atoms with Gasteiger partial charge in [0.25, 0.3) is 0 Å². The lowest BCUT2D eigenvalue weighted by Crippen LogP contribution is -2.44. The van der Waals surface area contributed by atoms with Crippen LogP contribution in [0.15, 0.2) is 18.2 Å². The van der Waals surface area contributed by atoms with Crippen LogP contribution >= 0.6 is 0 Å². The quantitative estimate of drug-likeness (QED) is 0.814. The number of ether oxygens (including phenoxy) is 2. The third-order valence-electron chi connectivity index (χ3n) is 2.17. The molecule has 0 fully saturated rings. The normalized spacial score (nSPS) is 11.6. The van der Waals surface area contributed by atoms with Crippen molar-refractivity contribution in [2.75, 3.05) is 13.7 Å². The molecule has 5 nitrogen and oxygen atoms in total. The number of halogens is 2. The molecule has 1 aromatic carbocycles. The fourth-order valence-electron chi connectivity index (χ4n) is 1.30. The summed E-state index contributed by atoms with van der Waals surface area (Å²) in [6.45, 7) is 0.977. The number of rotatable bonds is 5. The molecule has 19 heavy (non-hydrogen) atoms. The van der Waals surface area contributed by atoms with Crippen molar-refractivity contribution < 1.29 is 27.8 Å². The number of esters is 1. The molecule has 1 amide bonds. The molecular weight excluding hydrogens is 260 g/mol. The van der Waals surface area contributed by atoms with E-state index < -0.39 is 29.6 Å². The maximum Gasteiger partial charge on any atom is 0.331 e. The number of carbonyl (C=O) groups excluding carboxylic acids is 2. The summed E-state index contributed by atoms with van der Waals surface area (Å²) in [5.74, 6) is -3.16. The Morgan fingerprint density at radius 1 is 1.32 bits per heavy atom. The molecule has 1 unspecified atom stereocenters. The zero-order chi connectivity index (χ0) is 14.4. The van der Waals surface area contributed by atoms with Crippen LogP contribution in [0.25, 0.3) is 0 Å². The number of hydrogen-bond donors (Lipinski definition) is 1. The first-order valence-electron chi connectivity index (χ1n) is 5.37. The van der Waals surface area contributed by atoms with Crippen LogP contribution in [0.1, 0.15) is 6.92 Å². The van der Waals surface area contributed by atoms with Crippen LogP contribution in [0.4, 0.5) is 8.78 Å². The van der Waals surface area contributed by atoms with Gasteiger partial charge in [-0.25, -0.2) is 13.6 Å². The maximum atomic E-state index is 12.9. The fourth-order valence-corrected chi connectivity index (χ4v) is 1.30. The van der Waals surface area contributed by atoms with Crippen LogP contribution in [0.5, 0.6) is 5.75 Å². The number of methoxy groups -OCH3 is 1. The summed E-state index contributed by atoms with van der Waals surface area (Å²) in [4.78, 5) is 22.2. The van der Waals surface area contributed by atoms with Crippen molar-refractivity contribution in [1.82, 2.24) is 5.32 Å². The lowest BCUT2D eigenvalue weighted by atomic mass is 10.3. The highest BCUT2D eigenvalue weighted by Gasteiger charge is 2.21. The predicted octanol–water partition coefficient (Wildman–Crippen LogP) is 1.02. The summed E-state index contributed by atoms with van der Waals surface area (Å²) >= 11 is 0. The molecule has 0 heterocycles. The number of carbonyl (C=O) groups is 2. The Kier molecular flexibility index (Phi) is 5.23. The Balaban J connectivity index is 2.67. The molecule has 1 rings (SSSR count). The molecule has 0 bridgehead atoms. The summed E-state index contributed by atoms with van der Waals surface area (Å²) in [5, 5.41) is 2.32. The molecule has 0 aromatic heterocycles. The molecule has 1 N–H and O–H groups in total. The molecule has 0 aliphatic rings. The molecule has 1 atom stereocenters. The van der Waals surface area contributed by atoms with E-state index in [1.807, 2.05) is 0 Å². The lowest BCUT2D eigenvalue weighted by Gasteiger charge is -2.16. The largest absolute Gasteiger partial charge is 0.491 e. The molecule has 0 aliphatic heterocycles. The predicted molar refractivity (Wildman–Crippen MR) is 61.5 cm³/mol. The van der Waals surface area contributed by atoms with Crippen LogP contribution in [0.3, 0.4) is 0 Å². The Bertz CT molecular complexity index is 479. The highest BCUT2D eigenvalue weighted by Crippen LogP contribution is 2.15. The van der Waals surface area contributed by atoms with E-state index in [2.05, 4.69) is 10.1 Å². The Morgan fingerprint density at radius 2 is 2.00 bits per heavy atom. The first kappa shape index (κ1) is 14.9. The van der Waals surface area contributed by atoms with Gasteiger partial charge in [0.1, 0.15) is 12.4 Å². The highest BCUT2D eigenvalue weighted by molar-refractivity contribution is 5.83. The fraction of sp³-hybridized carbons (Fsp3) is 0.333. The van der Waals surface area contributed by atoms with Crippen molar-refractivity contribution in [3.8, 4) is 5.75 Å². The average Bonchev–Trinajstić information content (AvgIpc) is 2.37. The zero-order valence-electron chi connectivity index (χ0n) is 10.4. The summed E-state index contributed by atoms with van der Waals surface area (Å²) in [5.41, 5.74) is 0. The Labute approximate surface area is 108 Å². The van der Waals surface area contributed by atoms with Gasteiger partial charge in [0.05, 0.1) is 7.11 Å². The first-order valence-corrected chi connectivity index (χ1v) is 5.37. The van der Waals surface area contributed by atoms with Gasteiger partial charge in [0.15, 0.2) is 17.7 Å². The maximum absolute atomic E-state index is 12.9. The summed E-state index contributed by atoms with van der Waals surface area (Å²) < 4.78 is 35.2. The van der Waals surface area contributed by atoms with E-state index in [0.29, 0.717) is 0 Å². The average molecular weight is 273 g/mol. The topological polar surface area (TPSA) is 64.6 Å². The van der Waals surface area contributed by atoms with Gasteiger partial charge in [-0.2, -0.15) is 0 Å².